The summed E-state index contributed by atoms with van der Waals surface area (Å²) in [4.78, 5) is 19.2. The van der Waals surface area contributed by atoms with Crippen LogP contribution in [0.15, 0.2) is 94.9 Å². The lowest BCUT2D eigenvalue weighted by Gasteiger charge is -2.21. The highest BCUT2D eigenvalue weighted by molar-refractivity contribution is 7.91. The number of rotatable bonds is 8. The zero-order valence-corrected chi connectivity index (χ0v) is 22.5. The Morgan fingerprint density at radius 3 is 2.27 bits per heavy atom. The van der Waals surface area contributed by atoms with Gasteiger partial charge in [-0.15, -0.1) is 0 Å². The largest absolute Gasteiger partial charge is 0.376 e. The van der Waals surface area contributed by atoms with Crippen LogP contribution < -0.4 is 5.32 Å². The van der Waals surface area contributed by atoms with Gasteiger partial charge in [-0.05, 0) is 65.9 Å². The van der Waals surface area contributed by atoms with Crippen molar-refractivity contribution in [2.45, 2.75) is 49.6 Å². The van der Waals surface area contributed by atoms with Gasteiger partial charge in [0.15, 0.2) is 5.03 Å². The van der Waals surface area contributed by atoms with Gasteiger partial charge in [0.05, 0.1) is 17.0 Å². The first-order chi connectivity index (χ1) is 17.6. The molecule has 0 saturated heterocycles. The zero-order chi connectivity index (χ0) is 26.6. The minimum atomic E-state index is -3.74. The van der Waals surface area contributed by atoms with Crippen molar-refractivity contribution < 1.29 is 13.2 Å². The SMILES string of the molecule is CCN(Cc1ccccc1)C(=O)CNc1ccc2nc(S(=O)(=O)c3ccc(C(C)(C)C)cc3)ccc2c1. The summed E-state index contributed by atoms with van der Waals surface area (Å²) in [5.41, 5.74) is 3.44. The summed E-state index contributed by atoms with van der Waals surface area (Å²) < 4.78 is 26.4. The predicted molar refractivity (Wildman–Crippen MR) is 148 cm³/mol. The van der Waals surface area contributed by atoms with Gasteiger partial charge < -0.3 is 10.2 Å². The van der Waals surface area contributed by atoms with Crippen LogP contribution in [0.2, 0.25) is 0 Å². The molecule has 4 aromatic rings. The van der Waals surface area contributed by atoms with Gasteiger partial charge in [0, 0.05) is 24.2 Å². The van der Waals surface area contributed by atoms with Crippen LogP contribution >= 0.6 is 0 Å². The van der Waals surface area contributed by atoms with Crippen LogP contribution in [-0.2, 0) is 26.6 Å². The number of carbonyl (C=O) groups excluding carboxylic acids is 1. The van der Waals surface area contributed by atoms with Crippen LogP contribution in [0.3, 0.4) is 0 Å². The smallest absolute Gasteiger partial charge is 0.242 e. The zero-order valence-electron chi connectivity index (χ0n) is 21.7. The molecule has 0 spiro atoms. The molecule has 192 valence electrons. The van der Waals surface area contributed by atoms with Crippen molar-refractivity contribution in [2.75, 3.05) is 18.4 Å². The molecule has 1 amide bonds. The number of aromatic nitrogens is 1. The number of pyridine rings is 1. The summed E-state index contributed by atoms with van der Waals surface area (Å²) in [6, 6.07) is 25.6. The van der Waals surface area contributed by atoms with E-state index in [1.54, 1.807) is 29.2 Å². The summed E-state index contributed by atoms with van der Waals surface area (Å²) >= 11 is 0. The van der Waals surface area contributed by atoms with Gasteiger partial charge in [-0.25, -0.2) is 13.4 Å². The highest BCUT2D eigenvalue weighted by Gasteiger charge is 2.21. The topological polar surface area (TPSA) is 79.4 Å². The summed E-state index contributed by atoms with van der Waals surface area (Å²) in [7, 11) is -3.74. The molecule has 0 atom stereocenters. The fraction of sp³-hybridized carbons (Fsp3) is 0.267. The van der Waals surface area contributed by atoms with Gasteiger partial charge in [0.1, 0.15) is 0 Å². The third-order valence-corrected chi connectivity index (χ3v) is 8.03. The van der Waals surface area contributed by atoms with Gasteiger partial charge in [0.2, 0.25) is 15.7 Å². The lowest BCUT2D eigenvalue weighted by molar-refractivity contribution is -0.129. The van der Waals surface area contributed by atoms with Gasteiger partial charge >= 0.3 is 0 Å². The normalized spacial score (nSPS) is 11.9. The maximum Gasteiger partial charge on any atom is 0.242 e. The molecule has 6 nitrogen and oxygen atoms in total. The fourth-order valence-corrected chi connectivity index (χ4v) is 5.29. The Hall–Kier alpha value is -3.71. The molecule has 0 radical (unpaired) electrons. The van der Waals surface area contributed by atoms with E-state index in [0.717, 1.165) is 22.2 Å². The van der Waals surface area contributed by atoms with Crippen molar-refractivity contribution in [3.05, 3.63) is 96.1 Å². The summed E-state index contributed by atoms with van der Waals surface area (Å²) in [5.74, 6) is 0.00324. The third kappa shape index (κ3) is 6.17. The Bertz CT molecular complexity index is 1490. The lowest BCUT2D eigenvalue weighted by Crippen LogP contribution is -2.34. The van der Waals surface area contributed by atoms with E-state index in [2.05, 4.69) is 31.1 Å². The number of likely N-dealkylation sites (N-methyl/N-ethyl adjacent to an activating group) is 1. The number of fused-ring (bicyclic) bond motifs is 1. The summed E-state index contributed by atoms with van der Waals surface area (Å²) in [6.07, 6.45) is 0. The van der Waals surface area contributed by atoms with Gasteiger partial charge in [-0.1, -0.05) is 63.2 Å². The molecule has 0 aliphatic heterocycles. The van der Waals surface area contributed by atoms with Crippen LogP contribution in [0.25, 0.3) is 10.9 Å². The van der Waals surface area contributed by atoms with Gasteiger partial charge in [-0.2, -0.15) is 0 Å². The Labute approximate surface area is 219 Å². The van der Waals surface area contributed by atoms with Crippen LogP contribution in [-0.4, -0.2) is 37.3 Å². The number of amides is 1. The van der Waals surface area contributed by atoms with E-state index in [4.69, 9.17) is 0 Å². The molecule has 0 saturated carbocycles. The predicted octanol–water partition coefficient (Wildman–Crippen LogP) is 5.83. The molecular formula is C30H33N3O3S. The third-order valence-electron chi connectivity index (χ3n) is 6.36. The number of hydrogen-bond acceptors (Lipinski definition) is 5. The number of benzene rings is 3. The van der Waals surface area contributed by atoms with E-state index >= 15 is 0 Å². The quantitative estimate of drug-likeness (QED) is 0.320. The van der Waals surface area contributed by atoms with E-state index in [1.165, 1.54) is 6.07 Å². The van der Waals surface area contributed by atoms with Gasteiger partial charge in [-0.3, -0.25) is 4.79 Å². The molecule has 1 N–H and O–H groups in total. The molecule has 1 aromatic heterocycles. The van der Waals surface area contributed by atoms with Crippen molar-refractivity contribution in [3.63, 3.8) is 0 Å². The standard InChI is InChI=1S/C30H33N3O3S/c1-5-33(21-22-9-7-6-8-10-22)29(34)20-31-25-14-17-27-23(19-25)11-18-28(32-27)37(35,36)26-15-12-24(13-16-26)30(2,3)4/h6-19,31H,5,20-21H2,1-4H3. The highest BCUT2D eigenvalue weighted by atomic mass is 32.2. The maximum atomic E-state index is 13.2. The highest BCUT2D eigenvalue weighted by Crippen LogP contribution is 2.27. The van der Waals surface area contributed by atoms with Crippen molar-refractivity contribution >= 4 is 32.3 Å². The second-order valence-corrected chi connectivity index (χ2v) is 12.0. The van der Waals surface area contributed by atoms with E-state index in [0.29, 0.717) is 18.6 Å². The Balaban J connectivity index is 1.47. The van der Waals surface area contributed by atoms with Crippen LogP contribution in [0.4, 0.5) is 5.69 Å². The van der Waals surface area contributed by atoms with E-state index < -0.39 is 9.84 Å². The average Bonchev–Trinajstić information content (AvgIpc) is 2.90. The molecule has 0 aliphatic carbocycles. The minimum Gasteiger partial charge on any atom is -0.376 e. The molecule has 7 heteroatoms. The first-order valence-electron chi connectivity index (χ1n) is 12.4. The lowest BCUT2D eigenvalue weighted by atomic mass is 9.87. The van der Waals surface area contributed by atoms with Crippen molar-refractivity contribution in [3.8, 4) is 0 Å². The number of anilines is 1. The number of carbonyl (C=O) groups is 1. The molecule has 37 heavy (non-hydrogen) atoms. The van der Waals surface area contributed by atoms with Gasteiger partial charge in [0.25, 0.3) is 0 Å². The second-order valence-electron chi connectivity index (χ2n) is 10.1. The average molecular weight is 516 g/mol. The molecule has 1 heterocycles. The number of sulfone groups is 1. The number of nitrogens with one attached hydrogen (secondary N) is 1. The van der Waals surface area contributed by atoms with Crippen LogP contribution in [0, 0.1) is 0 Å². The maximum absolute atomic E-state index is 13.2. The van der Waals surface area contributed by atoms with Crippen LogP contribution in [0.5, 0.6) is 0 Å². The first-order valence-corrected chi connectivity index (χ1v) is 13.9. The van der Waals surface area contributed by atoms with Crippen LogP contribution in [0.1, 0.15) is 38.8 Å². The fourth-order valence-electron chi connectivity index (χ4n) is 4.09. The summed E-state index contributed by atoms with van der Waals surface area (Å²) in [5, 5.41) is 3.99. The second kappa shape index (κ2) is 10.7. The van der Waals surface area contributed by atoms with Crippen molar-refractivity contribution in [1.29, 1.82) is 0 Å². The molecule has 0 unspecified atom stereocenters. The Morgan fingerprint density at radius 1 is 0.919 bits per heavy atom. The molecule has 3 aromatic carbocycles. The number of nitrogens with zero attached hydrogens (tertiary/aromatic N) is 2. The molecule has 0 bridgehead atoms. The van der Waals surface area contributed by atoms with Crippen molar-refractivity contribution in [1.82, 2.24) is 9.88 Å². The molecule has 4 rings (SSSR count). The molecule has 0 aliphatic rings. The first kappa shape index (κ1) is 26.4. The molecular weight excluding hydrogens is 482 g/mol. The monoisotopic (exact) mass is 515 g/mol. The Kier molecular flexibility index (Phi) is 7.64. The number of hydrogen-bond donors (Lipinski definition) is 1. The Morgan fingerprint density at radius 2 is 1.62 bits per heavy atom. The summed E-state index contributed by atoms with van der Waals surface area (Å²) in [6.45, 7) is 9.58. The van der Waals surface area contributed by atoms with E-state index in [-0.39, 0.29) is 27.8 Å². The van der Waals surface area contributed by atoms with Crippen molar-refractivity contribution in [2.24, 2.45) is 0 Å². The van der Waals surface area contributed by atoms with E-state index in [1.807, 2.05) is 61.5 Å². The van der Waals surface area contributed by atoms with E-state index in [9.17, 15) is 13.2 Å². The minimum absolute atomic E-state index is 0.00324. The molecule has 0 fully saturated rings.